The second-order valence-electron chi connectivity index (χ2n) is 5.34. The maximum Gasteiger partial charge on any atom is 0.0967 e. The van der Waals surface area contributed by atoms with Crippen molar-refractivity contribution in [2.45, 2.75) is 19.0 Å². The summed E-state index contributed by atoms with van der Waals surface area (Å²) in [6, 6.07) is 0.767. The van der Waals surface area contributed by atoms with Gasteiger partial charge in [0.15, 0.2) is 0 Å². The highest BCUT2D eigenvalue weighted by Crippen LogP contribution is 2.13. The van der Waals surface area contributed by atoms with E-state index in [1.165, 1.54) is 32.6 Å². The molecule has 0 aromatic carbocycles. The Balaban J connectivity index is 1.47. The number of rotatable bonds is 3. The molecule has 0 aliphatic carbocycles. The van der Waals surface area contributed by atoms with Crippen molar-refractivity contribution < 1.29 is 0 Å². The fourth-order valence-corrected chi connectivity index (χ4v) is 2.93. The molecule has 2 aliphatic heterocycles. The van der Waals surface area contributed by atoms with Gasteiger partial charge in [0.25, 0.3) is 0 Å². The van der Waals surface area contributed by atoms with Crippen LogP contribution in [0.5, 0.6) is 0 Å². The van der Waals surface area contributed by atoms with E-state index in [1.54, 1.807) is 4.68 Å². The quantitative estimate of drug-likeness (QED) is 0.768. The normalized spacial score (nSPS) is 26.8. The lowest BCUT2D eigenvalue weighted by molar-refractivity contribution is 0.0973. The Kier molecular flexibility index (Phi) is 3.58. The molecule has 1 aromatic rings. The third-order valence-electron chi connectivity index (χ3n) is 3.99. The number of hydrogen-bond acceptors (Lipinski definition) is 5. The van der Waals surface area contributed by atoms with E-state index in [9.17, 15) is 0 Å². The fraction of sp³-hybridized carbons (Fsp3) is 0.833. The zero-order valence-corrected chi connectivity index (χ0v) is 11.0. The van der Waals surface area contributed by atoms with E-state index in [0.717, 1.165) is 31.4 Å². The van der Waals surface area contributed by atoms with Gasteiger partial charge in [0, 0.05) is 58.6 Å². The van der Waals surface area contributed by atoms with Gasteiger partial charge < -0.3 is 5.32 Å². The van der Waals surface area contributed by atoms with E-state index in [2.05, 4.69) is 25.4 Å². The topological polar surface area (TPSA) is 49.2 Å². The van der Waals surface area contributed by atoms with Crippen LogP contribution < -0.4 is 5.32 Å². The van der Waals surface area contributed by atoms with Gasteiger partial charge in [0.1, 0.15) is 0 Å². The van der Waals surface area contributed by atoms with E-state index >= 15 is 0 Å². The monoisotopic (exact) mass is 250 g/mol. The molecule has 0 radical (unpaired) electrons. The second-order valence-corrected chi connectivity index (χ2v) is 5.34. The first-order valence-corrected chi connectivity index (χ1v) is 6.83. The Morgan fingerprint density at radius 1 is 1.33 bits per heavy atom. The lowest BCUT2D eigenvalue weighted by Crippen LogP contribution is -2.50. The maximum absolute atomic E-state index is 4.15. The highest BCUT2D eigenvalue weighted by Gasteiger charge is 2.26. The highest BCUT2D eigenvalue weighted by atomic mass is 15.4. The lowest BCUT2D eigenvalue weighted by Gasteiger charge is -2.37. The smallest absolute Gasteiger partial charge is 0.0967 e. The molecule has 2 fully saturated rings. The summed E-state index contributed by atoms with van der Waals surface area (Å²) < 4.78 is 1.77. The molecule has 1 aromatic heterocycles. The SMILES string of the molecule is Cn1cc(CN2CCN(C3CCNC3)CC2)nn1. The summed E-state index contributed by atoms with van der Waals surface area (Å²) >= 11 is 0. The highest BCUT2D eigenvalue weighted by molar-refractivity contribution is 4.93. The van der Waals surface area contributed by atoms with E-state index < -0.39 is 0 Å². The van der Waals surface area contributed by atoms with Crippen LogP contribution in [0.4, 0.5) is 0 Å². The van der Waals surface area contributed by atoms with Crippen molar-refractivity contribution in [3.63, 3.8) is 0 Å². The molecule has 2 aliphatic rings. The van der Waals surface area contributed by atoms with Crippen LogP contribution in [-0.2, 0) is 13.6 Å². The first-order valence-electron chi connectivity index (χ1n) is 6.83. The third-order valence-corrected chi connectivity index (χ3v) is 3.99. The molecule has 3 heterocycles. The predicted octanol–water partition coefficient (Wildman–Crippen LogP) is -0.705. The van der Waals surface area contributed by atoms with Crippen LogP contribution in [0.2, 0.25) is 0 Å². The first kappa shape index (κ1) is 12.1. The second kappa shape index (κ2) is 5.34. The fourth-order valence-electron chi connectivity index (χ4n) is 2.93. The molecule has 0 saturated carbocycles. The van der Waals surface area contributed by atoms with Crippen molar-refractivity contribution in [3.05, 3.63) is 11.9 Å². The van der Waals surface area contributed by atoms with E-state index in [4.69, 9.17) is 0 Å². The van der Waals surface area contributed by atoms with Gasteiger partial charge in [-0.2, -0.15) is 0 Å². The van der Waals surface area contributed by atoms with Crippen molar-refractivity contribution >= 4 is 0 Å². The van der Waals surface area contributed by atoms with Gasteiger partial charge in [-0.15, -0.1) is 5.10 Å². The Bertz CT molecular complexity index is 376. The predicted molar refractivity (Wildman–Crippen MR) is 69.1 cm³/mol. The maximum atomic E-state index is 4.15. The average Bonchev–Trinajstić information content (AvgIpc) is 3.02. The van der Waals surface area contributed by atoms with Crippen LogP contribution in [0, 0.1) is 0 Å². The van der Waals surface area contributed by atoms with Crippen molar-refractivity contribution in [2.75, 3.05) is 39.3 Å². The molecule has 2 saturated heterocycles. The molecule has 0 spiro atoms. The van der Waals surface area contributed by atoms with Crippen LogP contribution in [0.25, 0.3) is 0 Å². The zero-order valence-electron chi connectivity index (χ0n) is 11.0. The Hall–Kier alpha value is -0.980. The number of nitrogens with one attached hydrogen (secondary N) is 1. The van der Waals surface area contributed by atoms with Crippen LogP contribution in [-0.4, -0.2) is 70.1 Å². The summed E-state index contributed by atoms with van der Waals surface area (Å²) in [6.07, 6.45) is 3.32. The summed E-state index contributed by atoms with van der Waals surface area (Å²) in [5, 5.41) is 11.6. The molecule has 6 nitrogen and oxygen atoms in total. The van der Waals surface area contributed by atoms with Crippen molar-refractivity contribution in [2.24, 2.45) is 7.05 Å². The molecular weight excluding hydrogens is 228 g/mol. The molecule has 3 rings (SSSR count). The Labute approximate surface area is 108 Å². The Morgan fingerprint density at radius 3 is 2.78 bits per heavy atom. The molecular formula is C12H22N6. The van der Waals surface area contributed by atoms with E-state index in [0.29, 0.717) is 0 Å². The van der Waals surface area contributed by atoms with Gasteiger partial charge in [-0.1, -0.05) is 5.21 Å². The number of aromatic nitrogens is 3. The van der Waals surface area contributed by atoms with Crippen LogP contribution in [0.15, 0.2) is 6.20 Å². The average molecular weight is 250 g/mol. The molecule has 1 N–H and O–H groups in total. The molecule has 1 unspecified atom stereocenters. The van der Waals surface area contributed by atoms with Gasteiger partial charge in [0.05, 0.1) is 5.69 Å². The molecule has 18 heavy (non-hydrogen) atoms. The van der Waals surface area contributed by atoms with Gasteiger partial charge in [-0.25, -0.2) is 0 Å². The van der Waals surface area contributed by atoms with Gasteiger partial charge >= 0.3 is 0 Å². The number of piperazine rings is 1. The van der Waals surface area contributed by atoms with Gasteiger partial charge in [-0.05, 0) is 13.0 Å². The molecule has 6 heteroatoms. The molecule has 0 amide bonds. The lowest BCUT2D eigenvalue weighted by atomic mass is 10.2. The minimum absolute atomic E-state index is 0.767. The Morgan fingerprint density at radius 2 is 2.17 bits per heavy atom. The van der Waals surface area contributed by atoms with Crippen molar-refractivity contribution in [1.29, 1.82) is 0 Å². The molecule has 100 valence electrons. The van der Waals surface area contributed by atoms with Crippen LogP contribution in [0.1, 0.15) is 12.1 Å². The zero-order chi connectivity index (χ0) is 12.4. The minimum Gasteiger partial charge on any atom is -0.315 e. The summed E-state index contributed by atoms with van der Waals surface area (Å²) in [6.45, 7) is 7.96. The largest absolute Gasteiger partial charge is 0.315 e. The first-order chi connectivity index (χ1) is 8.81. The number of aryl methyl sites for hydroxylation is 1. The summed E-state index contributed by atoms with van der Waals surface area (Å²) in [4.78, 5) is 5.11. The van der Waals surface area contributed by atoms with Crippen LogP contribution >= 0.6 is 0 Å². The third kappa shape index (κ3) is 2.71. The minimum atomic E-state index is 0.767. The number of hydrogen-bond donors (Lipinski definition) is 1. The molecule has 0 bridgehead atoms. The van der Waals surface area contributed by atoms with Crippen LogP contribution in [0.3, 0.4) is 0 Å². The van der Waals surface area contributed by atoms with Gasteiger partial charge in [-0.3, -0.25) is 14.5 Å². The summed E-state index contributed by atoms with van der Waals surface area (Å²) in [7, 11) is 1.92. The van der Waals surface area contributed by atoms with Crippen molar-refractivity contribution in [3.8, 4) is 0 Å². The van der Waals surface area contributed by atoms with E-state index in [1.807, 2.05) is 13.2 Å². The number of nitrogens with zero attached hydrogens (tertiary/aromatic N) is 5. The summed E-state index contributed by atoms with van der Waals surface area (Å²) in [5.74, 6) is 0. The van der Waals surface area contributed by atoms with E-state index in [-0.39, 0.29) is 0 Å². The van der Waals surface area contributed by atoms with Crippen molar-refractivity contribution in [1.82, 2.24) is 30.1 Å². The standard InChI is InChI=1S/C12H22N6/c1-16-9-11(14-15-16)10-17-4-6-18(7-5-17)12-2-3-13-8-12/h9,12-13H,2-8,10H2,1H3. The molecule has 1 atom stereocenters. The van der Waals surface area contributed by atoms with Gasteiger partial charge in [0.2, 0.25) is 0 Å². The summed E-state index contributed by atoms with van der Waals surface area (Å²) in [5.41, 5.74) is 1.08.